The Labute approximate surface area is 123 Å². The van der Waals surface area contributed by atoms with Crippen LogP contribution in [0.4, 0.5) is 14.5 Å². The summed E-state index contributed by atoms with van der Waals surface area (Å²) in [5.41, 5.74) is 2.51. The number of alkyl halides is 2. The molecule has 0 amide bonds. The maximum atomic E-state index is 12.2. The molecule has 0 fully saturated rings. The fourth-order valence-electron chi connectivity index (χ4n) is 1.86. The molecule has 8 heteroatoms. The molecule has 3 heterocycles. The van der Waals surface area contributed by atoms with Gasteiger partial charge < -0.3 is 5.32 Å². The van der Waals surface area contributed by atoms with E-state index in [4.69, 9.17) is 0 Å². The fourth-order valence-corrected chi connectivity index (χ4v) is 2.31. The third kappa shape index (κ3) is 3.27. The summed E-state index contributed by atoms with van der Waals surface area (Å²) >= 11 is 0.432. The molecule has 0 atom stereocenters. The van der Waals surface area contributed by atoms with Crippen molar-refractivity contribution in [3.8, 4) is 0 Å². The van der Waals surface area contributed by atoms with Crippen molar-refractivity contribution >= 4 is 23.1 Å². The van der Waals surface area contributed by atoms with E-state index >= 15 is 0 Å². The Bertz CT molecular complexity index is 729. The van der Waals surface area contributed by atoms with Crippen molar-refractivity contribution in [2.75, 3.05) is 5.32 Å². The Balaban J connectivity index is 1.67. The molecule has 3 aromatic heterocycles. The van der Waals surface area contributed by atoms with Crippen molar-refractivity contribution < 1.29 is 8.78 Å². The maximum absolute atomic E-state index is 12.2. The van der Waals surface area contributed by atoms with Crippen molar-refractivity contribution in [1.82, 2.24) is 19.4 Å². The van der Waals surface area contributed by atoms with Crippen molar-refractivity contribution in [3.05, 3.63) is 48.8 Å². The molecule has 0 radical (unpaired) electrons. The van der Waals surface area contributed by atoms with E-state index in [0.29, 0.717) is 23.3 Å². The summed E-state index contributed by atoms with van der Waals surface area (Å²) < 4.78 is 26.3. The summed E-state index contributed by atoms with van der Waals surface area (Å²) in [7, 11) is 0. The molecule has 0 saturated carbocycles. The Morgan fingerprint density at radius 3 is 2.86 bits per heavy atom. The number of thioether (sulfide) groups is 1. The highest BCUT2D eigenvalue weighted by atomic mass is 32.2. The first-order valence-electron chi connectivity index (χ1n) is 6.13. The van der Waals surface area contributed by atoms with Crippen molar-refractivity contribution in [3.63, 3.8) is 0 Å². The average Bonchev–Trinajstić information content (AvgIpc) is 2.89. The van der Waals surface area contributed by atoms with E-state index in [1.54, 1.807) is 30.7 Å². The number of nitrogens with zero attached hydrogens (tertiary/aromatic N) is 4. The van der Waals surface area contributed by atoms with E-state index in [2.05, 4.69) is 20.3 Å². The molecule has 0 saturated heterocycles. The van der Waals surface area contributed by atoms with E-state index in [-0.39, 0.29) is 0 Å². The second-order valence-corrected chi connectivity index (χ2v) is 5.18. The number of fused-ring (bicyclic) bond motifs is 1. The van der Waals surface area contributed by atoms with Crippen LogP contribution < -0.4 is 5.32 Å². The van der Waals surface area contributed by atoms with Crippen molar-refractivity contribution in [1.29, 1.82) is 0 Å². The molecule has 0 spiro atoms. The predicted molar refractivity (Wildman–Crippen MR) is 76.4 cm³/mol. The van der Waals surface area contributed by atoms with Gasteiger partial charge in [0, 0.05) is 12.4 Å². The highest BCUT2D eigenvalue weighted by Crippen LogP contribution is 2.23. The minimum atomic E-state index is -2.46. The van der Waals surface area contributed by atoms with Gasteiger partial charge in [0.1, 0.15) is 5.03 Å². The van der Waals surface area contributed by atoms with Crippen LogP contribution in [0.25, 0.3) is 5.65 Å². The van der Waals surface area contributed by atoms with E-state index in [9.17, 15) is 8.78 Å². The molecule has 5 nitrogen and oxygen atoms in total. The van der Waals surface area contributed by atoms with Crippen LogP contribution in [-0.2, 0) is 6.54 Å². The lowest BCUT2D eigenvalue weighted by Crippen LogP contribution is -2.03. The molecular formula is C13H11F2N5S. The van der Waals surface area contributed by atoms with Crippen molar-refractivity contribution in [2.24, 2.45) is 0 Å². The zero-order valence-corrected chi connectivity index (χ0v) is 11.6. The molecule has 3 aromatic rings. The summed E-state index contributed by atoms with van der Waals surface area (Å²) in [5.74, 6) is -2.46. The van der Waals surface area contributed by atoms with Crippen molar-refractivity contribution in [2.45, 2.75) is 17.3 Å². The largest absolute Gasteiger partial charge is 0.378 e. The first-order valence-corrected chi connectivity index (χ1v) is 7.01. The van der Waals surface area contributed by atoms with Crippen LogP contribution in [0.15, 0.2) is 48.1 Å². The first kappa shape index (κ1) is 13.7. The number of pyridine rings is 1. The molecule has 21 heavy (non-hydrogen) atoms. The normalized spacial score (nSPS) is 11.2. The van der Waals surface area contributed by atoms with E-state index in [0.717, 1.165) is 17.0 Å². The second kappa shape index (κ2) is 6.04. The zero-order chi connectivity index (χ0) is 14.7. The minimum Gasteiger partial charge on any atom is -0.378 e. The molecule has 0 aromatic carbocycles. The quantitative estimate of drug-likeness (QED) is 0.734. The molecule has 108 valence electrons. The van der Waals surface area contributed by atoms with Crippen LogP contribution >= 0.6 is 11.8 Å². The van der Waals surface area contributed by atoms with Gasteiger partial charge in [0.15, 0.2) is 5.65 Å². The lowest BCUT2D eigenvalue weighted by Gasteiger charge is -2.06. The van der Waals surface area contributed by atoms with E-state index in [1.165, 1.54) is 6.20 Å². The third-order valence-corrected chi connectivity index (χ3v) is 3.47. The molecule has 0 aliphatic carbocycles. The number of hydrogen-bond donors (Lipinski definition) is 1. The number of rotatable bonds is 5. The molecule has 0 aliphatic rings. The van der Waals surface area contributed by atoms with Gasteiger partial charge in [-0.25, -0.2) is 9.97 Å². The second-order valence-electron chi connectivity index (χ2n) is 4.17. The van der Waals surface area contributed by atoms with Gasteiger partial charge in [0.25, 0.3) is 5.76 Å². The first-order chi connectivity index (χ1) is 10.2. The standard InChI is InChI=1S/C13H11F2N5S/c14-13(15)21-12-2-1-9(5-19-12)17-6-10-7-18-11-8-16-3-4-20(10)11/h1-5,7-8,13,17H,6H2. The van der Waals surface area contributed by atoms with Crippen LogP contribution in [0, 0.1) is 0 Å². The highest BCUT2D eigenvalue weighted by molar-refractivity contribution is 7.99. The Hall–Kier alpha value is -2.22. The van der Waals surface area contributed by atoms with Gasteiger partial charge in [0.05, 0.1) is 36.5 Å². The van der Waals surface area contributed by atoms with Crippen LogP contribution in [-0.4, -0.2) is 25.1 Å². The Kier molecular flexibility index (Phi) is 3.96. The van der Waals surface area contributed by atoms with Gasteiger partial charge in [-0.3, -0.25) is 9.38 Å². The summed E-state index contributed by atoms with van der Waals surface area (Å²) in [5, 5.41) is 3.48. The number of anilines is 1. The van der Waals surface area contributed by atoms with Gasteiger partial charge in [-0.1, -0.05) is 0 Å². The average molecular weight is 307 g/mol. The fraction of sp³-hybridized carbons (Fsp3) is 0.154. The highest BCUT2D eigenvalue weighted by Gasteiger charge is 2.06. The number of halogens is 2. The van der Waals surface area contributed by atoms with Gasteiger partial charge in [-0.15, -0.1) is 0 Å². The molecule has 0 unspecified atom stereocenters. The number of imidazole rings is 1. The number of nitrogens with one attached hydrogen (secondary N) is 1. The minimum absolute atomic E-state index is 0.302. The van der Waals surface area contributed by atoms with Gasteiger partial charge >= 0.3 is 0 Å². The Morgan fingerprint density at radius 2 is 2.10 bits per heavy atom. The summed E-state index contributed by atoms with van der Waals surface area (Å²) in [6.45, 7) is 0.550. The van der Waals surface area contributed by atoms with Crippen LogP contribution in [0.5, 0.6) is 0 Å². The van der Waals surface area contributed by atoms with Crippen LogP contribution in [0.2, 0.25) is 0 Å². The van der Waals surface area contributed by atoms with E-state index < -0.39 is 5.76 Å². The number of aromatic nitrogens is 4. The number of hydrogen-bond acceptors (Lipinski definition) is 5. The Morgan fingerprint density at radius 1 is 1.19 bits per heavy atom. The zero-order valence-electron chi connectivity index (χ0n) is 10.8. The van der Waals surface area contributed by atoms with Gasteiger partial charge in [-0.2, -0.15) is 8.78 Å². The van der Waals surface area contributed by atoms with E-state index in [1.807, 2.05) is 10.6 Å². The molecular weight excluding hydrogens is 296 g/mol. The molecule has 0 bridgehead atoms. The van der Waals surface area contributed by atoms with Gasteiger partial charge in [0.2, 0.25) is 0 Å². The maximum Gasteiger partial charge on any atom is 0.290 e. The smallest absolute Gasteiger partial charge is 0.290 e. The van der Waals surface area contributed by atoms with Gasteiger partial charge in [-0.05, 0) is 23.9 Å². The molecule has 1 N–H and O–H groups in total. The monoisotopic (exact) mass is 307 g/mol. The van der Waals surface area contributed by atoms with Crippen LogP contribution in [0.3, 0.4) is 0 Å². The topological polar surface area (TPSA) is 55.1 Å². The summed E-state index contributed by atoms with van der Waals surface area (Å²) in [4.78, 5) is 12.2. The lowest BCUT2D eigenvalue weighted by atomic mass is 10.4. The third-order valence-electron chi connectivity index (χ3n) is 2.81. The summed E-state index contributed by atoms with van der Waals surface area (Å²) in [6.07, 6.45) is 8.51. The van der Waals surface area contributed by atoms with Crippen LogP contribution in [0.1, 0.15) is 5.69 Å². The molecule has 3 rings (SSSR count). The lowest BCUT2D eigenvalue weighted by molar-refractivity contribution is 0.252. The SMILES string of the molecule is FC(F)Sc1ccc(NCc2cnc3cnccn23)cn1. The predicted octanol–water partition coefficient (Wildman–Crippen LogP) is 3.05. The molecule has 0 aliphatic heterocycles. The summed E-state index contributed by atoms with van der Waals surface area (Å²) in [6, 6.07) is 3.29.